The fourth-order valence-electron chi connectivity index (χ4n) is 1.95. The van der Waals surface area contributed by atoms with Crippen LogP contribution in [-0.4, -0.2) is 35.4 Å². The maximum Gasteiger partial charge on any atom is 0.338 e. The fourth-order valence-corrected chi connectivity index (χ4v) is 1.95. The molecule has 7 heteroatoms. The lowest BCUT2D eigenvalue weighted by Gasteiger charge is -2.12. The lowest BCUT2D eigenvalue weighted by molar-refractivity contribution is -0.119. The van der Waals surface area contributed by atoms with Gasteiger partial charge in [0.1, 0.15) is 11.6 Å². The van der Waals surface area contributed by atoms with Gasteiger partial charge in [-0.15, -0.1) is 0 Å². The maximum atomic E-state index is 11.9. The summed E-state index contributed by atoms with van der Waals surface area (Å²) in [5.74, 6) is 0.209. The van der Waals surface area contributed by atoms with E-state index in [4.69, 9.17) is 9.47 Å². The fraction of sp³-hybridized carbons (Fsp3) is 0.312. The van der Waals surface area contributed by atoms with Gasteiger partial charge in [0.05, 0.1) is 18.9 Å². The van der Waals surface area contributed by atoms with Crippen LogP contribution in [-0.2, 0) is 9.53 Å². The Morgan fingerprint density at radius 3 is 2.52 bits per heavy atom. The smallest absolute Gasteiger partial charge is 0.338 e. The summed E-state index contributed by atoms with van der Waals surface area (Å²) in [6.45, 7) is 3.53. The first kappa shape index (κ1) is 16.5. The monoisotopic (exact) mass is 317 g/mol. The van der Waals surface area contributed by atoms with Gasteiger partial charge in [-0.3, -0.25) is 4.79 Å². The van der Waals surface area contributed by atoms with Crippen LogP contribution in [0.1, 0.15) is 30.2 Å². The van der Waals surface area contributed by atoms with Gasteiger partial charge in [0.25, 0.3) is 5.91 Å². The molecule has 0 spiro atoms. The number of hydrogen-bond donors (Lipinski definition) is 1. The van der Waals surface area contributed by atoms with Gasteiger partial charge < -0.3 is 14.8 Å². The molecule has 122 valence electrons. The van der Waals surface area contributed by atoms with Crippen molar-refractivity contribution in [1.29, 1.82) is 0 Å². The van der Waals surface area contributed by atoms with Crippen molar-refractivity contribution in [3.63, 3.8) is 0 Å². The molecular weight excluding hydrogens is 298 g/mol. The highest BCUT2D eigenvalue weighted by Crippen LogP contribution is 2.14. The molecule has 0 aliphatic heterocycles. The van der Waals surface area contributed by atoms with Crippen molar-refractivity contribution >= 4 is 17.7 Å². The summed E-state index contributed by atoms with van der Waals surface area (Å²) in [5, 5.41) is 6.77. The number of aromatic nitrogens is 2. The zero-order valence-electron chi connectivity index (χ0n) is 13.3. The molecule has 0 aliphatic carbocycles. The second-order valence-electron chi connectivity index (χ2n) is 5.11. The van der Waals surface area contributed by atoms with Crippen molar-refractivity contribution < 1.29 is 19.1 Å². The second kappa shape index (κ2) is 7.44. The van der Waals surface area contributed by atoms with Crippen molar-refractivity contribution in [2.75, 3.05) is 19.0 Å². The van der Waals surface area contributed by atoms with Crippen molar-refractivity contribution in [3.05, 3.63) is 42.1 Å². The van der Waals surface area contributed by atoms with Crippen LogP contribution in [0.5, 0.6) is 5.75 Å². The first-order valence-corrected chi connectivity index (χ1v) is 7.16. The van der Waals surface area contributed by atoms with Crippen LogP contribution in [0.3, 0.4) is 0 Å². The average molecular weight is 317 g/mol. The molecule has 1 aromatic carbocycles. The average Bonchev–Trinajstić information content (AvgIpc) is 3.01. The molecule has 2 aromatic rings. The first-order valence-electron chi connectivity index (χ1n) is 7.16. The molecule has 1 aromatic heterocycles. The Labute approximate surface area is 134 Å². The van der Waals surface area contributed by atoms with E-state index in [9.17, 15) is 9.59 Å². The molecule has 0 radical (unpaired) electrons. The molecule has 23 heavy (non-hydrogen) atoms. The molecule has 1 amide bonds. The van der Waals surface area contributed by atoms with E-state index in [2.05, 4.69) is 10.4 Å². The molecule has 0 saturated carbocycles. The largest absolute Gasteiger partial charge is 0.497 e. The number of nitrogens with one attached hydrogen (secondary N) is 1. The number of anilines is 1. The summed E-state index contributed by atoms with van der Waals surface area (Å²) in [5.41, 5.74) is 0.353. The van der Waals surface area contributed by atoms with Crippen molar-refractivity contribution in [1.82, 2.24) is 9.78 Å². The summed E-state index contributed by atoms with van der Waals surface area (Å²) >= 11 is 0. The van der Waals surface area contributed by atoms with Crippen LogP contribution in [0.2, 0.25) is 0 Å². The van der Waals surface area contributed by atoms with Crippen LogP contribution in [0.25, 0.3) is 0 Å². The van der Waals surface area contributed by atoms with Crippen LogP contribution in [0.15, 0.2) is 36.5 Å². The second-order valence-corrected chi connectivity index (χ2v) is 5.11. The zero-order valence-corrected chi connectivity index (χ0v) is 13.3. The summed E-state index contributed by atoms with van der Waals surface area (Å²) < 4.78 is 11.7. The highest BCUT2D eigenvalue weighted by molar-refractivity contribution is 5.95. The summed E-state index contributed by atoms with van der Waals surface area (Å²) in [6.07, 6.45) is 1.60. The Kier molecular flexibility index (Phi) is 5.35. The van der Waals surface area contributed by atoms with Crippen molar-refractivity contribution in [3.8, 4) is 5.75 Å². The molecule has 0 fully saturated rings. The number of carbonyl (C=O) groups excluding carboxylic acids is 2. The Balaban J connectivity index is 1.88. The number of methoxy groups -OCH3 is 1. The first-order chi connectivity index (χ1) is 11.0. The van der Waals surface area contributed by atoms with Gasteiger partial charge in [-0.2, -0.15) is 5.10 Å². The molecule has 0 saturated heterocycles. The third kappa shape index (κ3) is 4.32. The Bertz CT molecular complexity index is 677. The van der Waals surface area contributed by atoms with Crippen LogP contribution >= 0.6 is 0 Å². The van der Waals surface area contributed by atoms with Gasteiger partial charge in [-0.05, 0) is 38.1 Å². The van der Waals surface area contributed by atoms with Gasteiger partial charge in [0.2, 0.25) is 0 Å². The van der Waals surface area contributed by atoms with Crippen LogP contribution in [0, 0.1) is 0 Å². The number of amides is 1. The summed E-state index contributed by atoms with van der Waals surface area (Å²) in [7, 11) is 1.54. The van der Waals surface area contributed by atoms with Gasteiger partial charge in [0.15, 0.2) is 6.61 Å². The Morgan fingerprint density at radius 2 is 1.91 bits per heavy atom. The van der Waals surface area contributed by atoms with Crippen molar-refractivity contribution in [2.24, 2.45) is 0 Å². The van der Waals surface area contributed by atoms with Gasteiger partial charge in [0, 0.05) is 12.1 Å². The SMILES string of the molecule is COc1ccc(C(=O)OCC(=O)Nc2ccnn2C(C)C)cc1. The number of carbonyl (C=O) groups is 2. The van der Waals surface area contributed by atoms with Crippen LogP contribution in [0.4, 0.5) is 5.82 Å². The number of hydrogen-bond acceptors (Lipinski definition) is 5. The van der Waals surface area contributed by atoms with Gasteiger partial charge in [-0.25, -0.2) is 9.48 Å². The third-order valence-electron chi connectivity index (χ3n) is 3.09. The number of nitrogens with zero attached hydrogens (tertiary/aromatic N) is 2. The Morgan fingerprint density at radius 1 is 1.22 bits per heavy atom. The minimum Gasteiger partial charge on any atom is -0.497 e. The lowest BCUT2D eigenvalue weighted by atomic mass is 10.2. The highest BCUT2D eigenvalue weighted by Gasteiger charge is 2.13. The quantitative estimate of drug-likeness (QED) is 0.826. The van der Waals surface area contributed by atoms with E-state index in [0.717, 1.165) is 0 Å². The lowest BCUT2D eigenvalue weighted by Crippen LogP contribution is -2.23. The molecular formula is C16H19N3O4. The normalized spacial score (nSPS) is 10.4. The van der Waals surface area contributed by atoms with Gasteiger partial charge >= 0.3 is 5.97 Å². The molecule has 7 nitrogen and oxygen atoms in total. The van der Waals surface area contributed by atoms with E-state index >= 15 is 0 Å². The third-order valence-corrected chi connectivity index (χ3v) is 3.09. The standard InChI is InChI=1S/C16H19N3O4/c1-11(2)19-14(8-9-17-19)18-15(20)10-23-16(21)12-4-6-13(22-3)7-5-12/h4-9,11H,10H2,1-3H3,(H,18,20). The van der Waals surface area contributed by atoms with E-state index < -0.39 is 11.9 Å². The Hall–Kier alpha value is -2.83. The minimum absolute atomic E-state index is 0.113. The van der Waals surface area contributed by atoms with E-state index in [0.29, 0.717) is 17.1 Å². The molecule has 1 heterocycles. The topological polar surface area (TPSA) is 82.4 Å². The molecule has 0 atom stereocenters. The molecule has 0 bridgehead atoms. The summed E-state index contributed by atoms with van der Waals surface area (Å²) in [4.78, 5) is 23.7. The van der Waals surface area contributed by atoms with Crippen LogP contribution < -0.4 is 10.1 Å². The maximum absolute atomic E-state index is 11.9. The highest BCUT2D eigenvalue weighted by atomic mass is 16.5. The predicted octanol–water partition coefficient (Wildman–Crippen LogP) is 2.27. The number of esters is 1. The van der Waals surface area contributed by atoms with E-state index in [1.165, 1.54) is 0 Å². The minimum atomic E-state index is -0.569. The zero-order chi connectivity index (χ0) is 16.8. The van der Waals surface area contributed by atoms with Gasteiger partial charge in [-0.1, -0.05) is 0 Å². The van der Waals surface area contributed by atoms with E-state index in [1.54, 1.807) is 48.3 Å². The molecule has 1 N–H and O–H groups in total. The number of benzene rings is 1. The predicted molar refractivity (Wildman–Crippen MR) is 84.5 cm³/mol. The van der Waals surface area contributed by atoms with E-state index in [1.807, 2.05) is 13.8 Å². The number of rotatable bonds is 6. The molecule has 0 aliphatic rings. The molecule has 2 rings (SSSR count). The summed E-state index contributed by atoms with van der Waals surface area (Å²) in [6, 6.07) is 8.25. The number of ether oxygens (including phenoxy) is 2. The molecule has 0 unspecified atom stereocenters. The van der Waals surface area contributed by atoms with Crippen molar-refractivity contribution in [2.45, 2.75) is 19.9 Å². The van der Waals surface area contributed by atoms with E-state index in [-0.39, 0.29) is 12.6 Å².